The van der Waals surface area contributed by atoms with E-state index < -0.39 is 53.2 Å². The molecule has 2 N–H and O–H groups in total. The third-order valence-electron chi connectivity index (χ3n) is 6.43. The second-order valence-electron chi connectivity index (χ2n) is 13.8. The van der Waals surface area contributed by atoms with Crippen LogP contribution in [0.2, 0.25) is 0 Å². The van der Waals surface area contributed by atoms with E-state index in [0.717, 1.165) is 21.6 Å². The van der Waals surface area contributed by atoms with Crippen LogP contribution >= 0.6 is 0 Å². The number of hydrogen-bond donors (Lipinski definition) is 2. The first kappa shape index (κ1) is 36.9. The first-order valence-electron chi connectivity index (χ1n) is 15.2. The van der Waals surface area contributed by atoms with Crippen molar-refractivity contribution >= 4 is 23.9 Å². The Morgan fingerprint density at radius 2 is 1.40 bits per heavy atom. The van der Waals surface area contributed by atoms with Gasteiger partial charge in [0.1, 0.15) is 29.3 Å². The van der Waals surface area contributed by atoms with Gasteiger partial charge in [0.25, 0.3) is 5.91 Å². The lowest BCUT2D eigenvalue weighted by Gasteiger charge is -2.32. The Labute approximate surface area is 268 Å². The first-order valence-corrected chi connectivity index (χ1v) is 15.2. The van der Waals surface area contributed by atoms with Gasteiger partial charge in [0, 0.05) is 12.5 Å². The Balaban J connectivity index is 2.59. The predicted molar refractivity (Wildman–Crippen MR) is 175 cm³/mol. The number of esters is 1. The van der Waals surface area contributed by atoms with Gasteiger partial charge in [0.2, 0.25) is 5.91 Å². The summed E-state index contributed by atoms with van der Waals surface area (Å²) >= 11 is 0. The first-order chi connectivity index (χ1) is 20.8. The number of benzene rings is 2. The smallest absolute Gasteiger partial charge is 0.408 e. The van der Waals surface area contributed by atoms with Crippen molar-refractivity contribution in [1.82, 2.24) is 15.5 Å². The highest BCUT2D eigenvalue weighted by Crippen LogP contribution is 2.26. The van der Waals surface area contributed by atoms with Crippen LogP contribution < -0.4 is 10.6 Å². The van der Waals surface area contributed by atoms with Crippen LogP contribution in [0.1, 0.15) is 90.1 Å². The van der Waals surface area contributed by atoms with Crippen molar-refractivity contribution in [2.45, 2.75) is 111 Å². The minimum absolute atomic E-state index is 0.00979. The van der Waals surface area contributed by atoms with Crippen molar-refractivity contribution in [3.63, 3.8) is 0 Å². The van der Waals surface area contributed by atoms with Crippen LogP contribution in [-0.2, 0) is 30.3 Å². The molecule has 0 fully saturated rings. The van der Waals surface area contributed by atoms with E-state index in [-0.39, 0.29) is 18.8 Å². The molecular formula is C36H49N3O6. The van der Waals surface area contributed by atoms with Crippen molar-refractivity contribution in [2.24, 2.45) is 5.92 Å². The number of ether oxygens (including phenoxy) is 2. The van der Waals surface area contributed by atoms with Gasteiger partial charge in [-0.2, -0.15) is 0 Å². The van der Waals surface area contributed by atoms with Gasteiger partial charge >= 0.3 is 12.1 Å². The van der Waals surface area contributed by atoms with Crippen LogP contribution in [0, 0.1) is 32.2 Å². The summed E-state index contributed by atoms with van der Waals surface area (Å²) in [5.74, 6) is -1.96. The maximum atomic E-state index is 14.3. The number of rotatable bonds is 11. The Hall–Kier alpha value is -4.32. The summed E-state index contributed by atoms with van der Waals surface area (Å²) in [7, 11) is 0. The standard InChI is InChI=1S/C36H49N3O6/c1-12-39(32(41)28(18-23(2)3)38-34(43)45-36(9,10)11)30(27-20-24(4)19-25(5)21-27)31(40)37-29(33(42)44-35(6,7)8)22-26-16-14-13-15-17-26/h1,13-17,19-21,23,28-30H,18,22H2,2-11H3,(H,37,40)(H,38,43). The molecule has 0 aliphatic rings. The molecule has 2 rings (SSSR count). The van der Waals surface area contributed by atoms with Crippen LogP contribution in [-0.4, -0.2) is 52.1 Å². The number of hydrogen-bond acceptors (Lipinski definition) is 6. The highest BCUT2D eigenvalue weighted by Gasteiger charge is 2.38. The zero-order valence-corrected chi connectivity index (χ0v) is 28.3. The summed E-state index contributed by atoms with van der Waals surface area (Å²) in [4.78, 5) is 55.5. The molecule has 0 aliphatic carbocycles. The highest BCUT2D eigenvalue weighted by molar-refractivity contribution is 5.95. The molecule has 9 nitrogen and oxygen atoms in total. The van der Waals surface area contributed by atoms with Gasteiger partial charge in [-0.15, -0.1) is 0 Å². The molecule has 2 aromatic rings. The number of carbonyl (C=O) groups is 4. The molecular weight excluding hydrogens is 570 g/mol. The van der Waals surface area contributed by atoms with Crippen LogP contribution in [0.5, 0.6) is 0 Å². The summed E-state index contributed by atoms with van der Waals surface area (Å²) in [6.45, 7) is 17.9. The molecule has 0 saturated heterocycles. The van der Waals surface area contributed by atoms with Gasteiger partial charge in [0.05, 0.1) is 0 Å². The lowest BCUT2D eigenvalue weighted by molar-refractivity contribution is -0.159. The van der Waals surface area contributed by atoms with E-state index >= 15 is 0 Å². The molecule has 244 valence electrons. The second kappa shape index (κ2) is 15.6. The highest BCUT2D eigenvalue weighted by atomic mass is 16.6. The molecule has 9 heteroatoms. The molecule has 0 aliphatic heterocycles. The molecule has 45 heavy (non-hydrogen) atoms. The molecule has 0 saturated carbocycles. The Morgan fingerprint density at radius 3 is 1.89 bits per heavy atom. The van der Waals surface area contributed by atoms with Crippen LogP contribution in [0.25, 0.3) is 0 Å². The number of alkyl carbamates (subject to hydrolysis) is 1. The molecule has 0 bridgehead atoms. The molecule has 3 unspecified atom stereocenters. The number of nitrogens with zero attached hydrogens (tertiary/aromatic N) is 1. The minimum atomic E-state index is -1.32. The molecule has 0 aromatic heterocycles. The number of terminal acetylenes is 1. The van der Waals surface area contributed by atoms with Gasteiger partial charge in [-0.25, -0.2) is 9.59 Å². The van der Waals surface area contributed by atoms with Crippen LogP contribution in [0.15, 0.2) is 48.5 Å². The average Bonchev–Trinajstić information content (AvgIpc) is 2.88. The summed E-state index contributed by atoms with van der Waals surface area (Å²) in [5, 5.41) is 5.48. The third-order valence-corrected chi connectivity index (χ3v) is 6.43. The van der Waals surface area contributed by atoms with Crippen molar-refractivity contribution in [2.75, 3.05) is 0 Å². The lowest BCUT2D eigenvalue weighted by Crippen LogP contribution is -2.54. The van der Waals surface area contributed by atoms with E-state index in [9.17, 15) is 19.2 Å². The molecule has 0 spiro atoms. The fourth-order valence-electron chi connectivity index (χ4n) is 4.83. The number of amides is 3. The maximum absolute atomic E-state index is 14.3. The zero-order chi connectivity index (χ0) is 34.1. The lowest BCUT2D eigenvalue weighted by atomic mass is 9.96. The monoisotopic (exact) mass is 619 g/mol. The Bertz CT molecular complexity index is 1360. The SMILES string of the molecule is C#CN(C(=O)C(CC(C)C)NC(=O)OC(C)(C)C)C(C(=O)NC(Cc1ccccc1)C(=O)OC(C)(C)C)c1cc(C)cc(C)c1. The molecule has 2 aromatic carbocycles. The number of carbonyl (C=O) groups excluding carboxylic acids is 4. The number of aryl methyl sites for hydroxylation is 2. The zero-order valence-electron chi connectivity index (χ0n) is 28.3. The van der Waals surface area contributed by atoms with Crippen molar-refractivity contribution in [3.8, 4) is 12.5 Å². The van der Waals surface area contributed by atoms with Gasteiger partial charge in [0.15, 0.2) is 0 Å². The van der Waals surface area contributed by atoms with Crippen molar-refractivity contribution in [3.05, 3.63) is 70.8 Å². The van der Waals surface area contributed by atoms with E-state index in [1.54, 1.807) is 53.7 Å². The fraction of sp³-hybridized carbons (Fsp3) is 0.500. The number of nitrogens with one attached hydrogen (secondary N) is 2. The average molecular weight is 620 g/mol. The quantitative estimate of drug-likeness (QED) is 0.188. The summed E-state index contributed by atoms with van der Waals surface area (Å²) < 4.78 is 11.1. The normalized spacial score (nSPS) is 13.6. The second-order valence-corrected chi connectivity index (χ2v) is 13.8. The van der Waals surface area contributed by atoms with E-state index in [1.807, 2.05) is 64.1 Å². The van der Waals surface area contributed by atoms with Crippen LogP contribution in [0.3, 0.4) is 0 Å². The Morgan fingerprint density at radius 1 is 0.844 bits per heavy atom. The fourth-order valence-corrected chi connectivity index (χ4v) is 4.83. The van der Waals surface area contributed by atoms with E-state index in [0.29, 0.717) is 5.56 Å². The van der Waals surface area contributed by atoms with Crippen molar-refractivity contribution < 1.29 is 28.7 Å². The summed E-state index contributed by atoms with van der Waals surface area (Å²) in [6.07, 6.45) is 5.58. The molecule has 3 atom stereocenters. The molecule has 0 heterocycles. The summed E-state index contributed by atoms with van der Waals surface area (Å²) in [5.41, 5.74) is 1.37. The third kappa shape index (κ3) is 12.3. The van der Waals surface area contributed by atoms with Crippen molar-refractivity contribution in [1.29, 1.82) is 0 Å². The van der Waals surface area contributed by atoms with E-state index in [4.69, 9.17) is 15.9 Å². The molecule has 0 radical (unpaired) electrons. The van der Waals surface area contributed by atoms with Gasteiger partial charge in [-0.3, -0.25) is 14.5 Å². The summed E-state index contributed by atoms with van der Waals surface area (Å²) in [6, 6.07) is 13.6. The largest absolute Gasteiger partial charge is 0.458 e. The molecule has 3 amide bonds. The van der Waals surface area contributed by atoms with Crippen LogP contribution in [0.4, 0.5) is 4.79 Å². The van der Waals surface area contributed by atoms with E-state index in [2.05, 4.69) is 16.7 Å². The van der Waals surface area contributed by atoms with Gasteiger partial charge in [-0.1, -0.05) is 79.9 Å². The predicted octanol–water partition coefficient (Wildman–Crippen LogP) is 5.77. The van der Waals surface area contributed by atoms with E-state index in [1.165, 1.54) is 0 Å². The van der Waals surface area contributed by atoms with Gasteiger partial charge < -0.3 is 20.1 Å². The maximum Gasteiger partial charge on any atom is 0.408 e. The Kier molecular flexibility index (Phi) is 12.8. The van der Waals surface area contributed by atoms with Gasteiger partial charge in [-0.05, 0) is 78.9 Å². The topological polar surface area (TPSA) is 114 Å². The minimum Gasteiger partial charge on any atom is -0.458 e.